The molecule has 0 N–H and O–H groups in total. The maximum absolute atomic E-state index is 2.64. The van der Waals surface area contributed by atoms with Crippen molar-refractivity contribution in [3.05, 3.63) is 0 Å². The second kappa shape index (κ2) is 4.50. The third-order valence-corrected chi connectivity index (χ3v) is 7.95. The maximum atomic E-state index is 2.64. The Balaban J connectivity index is 1.64. The summed E-state index contributed by atoms with van der Waals surface area (Å²) in [6.07, 6.45) is 15.6. The van der Waals surface area contributed by atoms with Crippen LogP contribution in [-0.2, 0) is 0 Å². The van der Waals surface area contributed by atoms with Crippen LogP contribution < -0.4 is 0 Å². The van der Waals surface area contributed by atoms with E-state index in [0.717, 1.165) is 40.9 Å². The minimum Gasteiger partial charge on any atom is -0.0622 e. The van der Waals surface area contributed by atoms with Crippen LogP contribution in [0.3, 0.4) is 0 Å². The Morgan fingerprint density at radius 1 is 0.842 bits per heavy atom. The quantitative estimate of drug-likeness (QED) is 0.527. The smallest absolute Gasteiger partial charge is 0.0292 e. The Morgan fingerprint density at radius 3 is 2.58 bits per heavy atom. The molecule has 0 spiro atoms. The van der Waals surface area contributed by atoms with Gasteiger partial charge in [-0.15, -0.1) is 0 Å². The van der Waals surface area contributed by atoms with E-state index in [9.17, 15) is 0 Å². The molecule has 0 aromatic heterocycles. The first kappa shape index (κ1) is 12.7. The van der Waals surface area contributed by atoms with E-state index < -0.39 is 0 Å². The summed E-state index contributed by atoms with van der Waals surface area (Å²) in [5, 5.41) is 0. The van der Waals surface area contributed by atoms with Gasteiger partial charge in [0.2, 0.25) is 0 Å². The van der Waals surface area contributed by atoms with E-state index in [2.05, 4.69) is 13.8 Å². The molecule has 0 heterocycles. The van der Waals surface area contributed by atoms with Crippen LogP contribution in [0.4, 0.5) is 0 Å². The summed E-state index contributed by atoms with van der Waals surface area (Å²) in [6, 6.07) is 0. The Morgan fingerprint density at radius 2 is 1.68 bits per heavy atom. The van der Waals surface area contributed by atoms with E-state index in [4.69, 9.17) is 0 Å². The molecular weight excluding hydrogens is 228 g/mol. The van der Waals surface area contributed by atoms with Crippen LogP contribution >= 0.6 is 0 Å². The fraction of sp³-hybridized carbons (Fsp3) is 1.00. The van der Waals surface area contributed by atoms with E-state index in [1.165, 1.54) is 12.8 Å². The average Bonchev–Trinajstić information content (AvgIpc) is 2.79. The van der Waals surface area contributed by atoms with Gasteiger partial charge >= 0.3 is 0 Å². The Hall–Kier alpha value is 0. The number of hydrogen-bond donors (Lipinski definition) is 0. The van der Waals surface area contributed by atoms with Crippen LogP contribution in [0.15, 0.2) is 0 Å². The Bertz CT molecular complexity index is 346. The van der Waals surface area contributed by atoms with E-state index in [-0.39, 0.29) is 0 Å². The lowest BCUT2D eigenvalue weighted by atomic mass is 9.48. The van der Waals surface area contributed by atoms with Crippen LogP contribution in [0.1, 0.15) is 78.1 Å². The number of rotatable bonds is 0. The van der Waals surface area contributed by atoms with Crippen molar-refractivity contribution in [3.63, 3.8) is 0 Å². The molecule has 4 aliphatic carbocycles. The van der Waals surface area contributed by atoms with Crippen molar-refractivity contribution in [1.82, 2.24) is 0 Å². The van der Waals surface area contributed by atoms with Gasteiger partial charge in [0.25, 0.3) is 0 Å². The lowest BCUT2D eigenvalue weighted by Crippen LogP contribution is -2.50. The molecule has 0 aromatic rings. The number of hydrogen-bond acceptors (Lipinski definition) is 0. The summed E-state index contributed by atoms with van der Waals surface area (Å²) in [4.78, 5) is 0. The van der Waals surface area contributed by atoms with Crippen molar-refractivity contribution < 1.29 is 0 Å². The molecule has 4 aliphatic rings. The van der Waals surface area contributed by atoms with Gasteiger partial charge in [0.05, 0.1) is 0 Å². The van der Waals surface area contributed by atoms with Gasteiger partial charge in [-0.05, 0) is 79.4 Å². The highest BCUT2D eigenvalue weighted by Gasteiger charge is 2.55. The highest BCUT2D eigenvalue weighted by Crippen LogP contribution is 2.63. The highest BCUT2D eigenvalue weighted by atomic mass is 14.6. The van der Waals surface area contributed by atoms with Gasteiger partial charge in [-0.1, -0.05) is 39.5 Å². The zero-order valence-electron chi connectivity index (χ0n) is 13.0. The lowest BCUT2D eigenvalue weighted by Gasteiger charge is -2.57. The van der Waals surface area contributed by atoms with Gasteiger partial charge in [-0.2, -0.15) is 0 Å². The van der Waals surface area contributed by atoms with Crippen LogP contribution in [0.5, 0.6) is 0 Å². The number of fused-ring (bicyclic) bond motifs is 5. The molecule has 0 heteroatoms. The van der Waals surface area contributed by atoms with E-state index >= 15 is 0 Å². The molecule has 0 nitrogen and oxygen atoms in total. The van der Waals surface area contributed by atoms with Gasteiger partial charge in [-0.25, -0.2) is 0 Å². The summed E-state index contributed by atoms with van der Waals surface area (Å²) >= 11 is 0. The van der Waals surface area contributed by atoms with Crippen molar-refractivity contribution in [2.45, 2.75) is 78.1 Å². The van der Waals surface area contributed by atoms with Crippen LogP contribution in [-0.4, -0.2) is 0 Å². The summed E-state index contributed by atoms with van der Waals surface area (Å²) in [5.41, 5.74) is 0.738. The molecule has 0 saturated heterocycles. The molecule has 4 fully saturated rings. The Kier molecular flexibility index (Phi) is 3.01. The molecule has 7 atom stereocenters. The monoisotopic (exact) mass is 260 g/mol. The maximum Gasteiger partial charge on any atom is -0.0292 e. The zero-order valence-corrected chi connectivity index (χ0v) is 13.0. The molecule has 0 radical (unpaired) electrons. The minimum absolute atomic E-state index is 0.738. The van der Waals surface area contributed by atoms with Crippen molar-refractivity contribution >= 4 is 0 Å². The van der Waals surface area contributed by atoms with Gasteiger partial charge in [0.1, 0.15) is 0 Å². The van der Waals surface area contributed by atoms with Gasteiger partial charge < -0.3 is 0 Å². The van der Waals surface area contributed by atoms with Gasteiger partial charge in [-0.3, -0.25) is 0 Å². The van der Waals surface area contributed by atoms with Gasteiger partial charge in [0, 0.05) is 0 Å². The predicted octanol–water partition coefficient (Wildman–Crippen LogP) is 5.67. The van der Waals surface area contributed by atoms with Crippen molar-refractivity contribution in [1.29, 1.82) is 0 Å². The molecular formula is C19H32. The van der Waals surface area contributed by atoms with Crippen LogP contribution in [0, 0.1) is 40.9 Å². The second-order valence-electron chi connectivity index (χ2n) is 8.86. The van der Waals surface area contributed by atoms with Crippen LogP contribution in [0.25, 0.3) is 0 Å². The first-order chi connectivity index (χ1) is 9.19. The summed E-state index contributed by atoms with van der Waals surface area (Å²) < 4.78 is 0. The first-order valence-electron chi connectivity index (χ1n) is 9.19. The van der Waals surface area contributed by atoms with E-state index in [1.807, 2.05) is 0 Å². The molecule has 0 amide bonds. The molecule has 0 bridgehead atoms. The molecule has 0 aliphatic heterocycles. The standard InChI is InChI=1S/C19H32/c1-13-12-19(2)11-5-8-17(19)16-10-9-14-6-3-4-7-15(14)18(13)16/h13-18H,3-12H2,1-2H3. The average molecular weight is 260 g/mol. The molecule has 0 aromatic carbocycles. The SMILES string of the molecule is CC1CC2(C)CCCC2C2CCC3CCCCC3C12. The largest absolute Gasteiger partial charge is 0.0622 e. The summed E-state index contributed by atoms with van der Waals surface area (Å²) in [5.74, 6) is 6.63. The first-order valence-corrected chi connectivity index (χ1v) is 9.19. The molecule has 4 rings (SSSR count). The predicted molar refractivity (Wildman–Crippen MR) is 80.9 cm³/mol. The van der Waals surface area contributed by atoms with Crippen molar-refractivity contribution in [2.24, 2.45) is 40.9 Å². The normalized spacial score (nSPS) is 57.2. The third-order valence-electron chi connectivity index (χ3n) is 7.95. The molecule has 7 unspecified atom stereocenters. The highest BCUT2D eigenvalue weighted by molar-refractivity contribution is 5.04. The molecule has 108 valence electrons. The summed E-state index contributed by atoms with van der Waals surface area (Å²) in [7, 11) is 0. The van der Waals surface area contributed by atoms with Crippen molar-refractivity contribution in [2.75, 3.05) is 0 Å². The minimum atomic E-state index is 0.738. The third kappa shape index (κ3) is 1.84. The van der Waals surface area contributed by atoms with Crippen molar-refractivity contribution in [3.8, 4) is 0 Å². The summed E-state index contributed by atoms with van der Waals surface area (Å²) in [6.45, 7) is 5.26. The fourth-order valence-corrected chi connectivity index (χ4v) is 7.45. The van der Waals surface area contributed by atoms with E-state index in [0.29, 0.717) is 0 Å². The zero-order chi connectivity index (χ0) is 13.0. The second-order valence-corrected chi connectivity index (χ2v) is 8.86. The molecule has 4 saturated carbocycles. The lowest BCUT2D eigenvalue weighted by molar-refractivity contribution is -0.0812. The van der Waals surface area contributed by atoms with E-state index in [1.54, 1.807) is 51.4 Å². The topological polar surface area (TPSA) is 0 Å². The van der Waals surface area contributed by atoms with Gasteiger partial charge in [0.15, 0.2) is 0 Å². The Labute approximate surface area is 119 Å². The fourth-order valence-electron chi connectivity index (χ4n) is 7.45. The molecule has 19 heavy (non-hydrogen) atoms. The van der Waals surface area contributed by atoms with Crippen LogP contribution in [0.2, 0.25) is 0 Å².